The topological polar surface area (TPSA) is 81.5 Å². The van der Waals surface area contributed by atoms with Gasteiger partial charge in [0.2, 0.25) is 0 Å². The minimum atomic E-state index is -0.507. The molecule has 0 heterocycles. The molecule has 0 aliphatic heterocycles. The summed E-state index contributed by atoms with van der Waals surface area (Å²) in [5.41, 5.74) is 1.19. The lowest BCUT2D eigenvalue weighted by atomic mass is 10.1. The molecule has 1 N–H and O–H groups in total. The summed E-state index contributed by atoms with van der Waals surface area (Å²) in [6.45, 7) is 4.42. The Morgan fingerprint density at radius 3 is 2.75 bits per heavy atom. The summed E-state index contributed by atoms with van der Waals surface area (Å²) < 4.78 is 5.58. The van der Waals surface area contributed by atoms with Crippen LogP contribution in [0.25, 0.3) is 0 Å². The SMILES string of the molecule is CCCCOc1cccc(C(=O)Nc2ccc(C)cc2[N+](=O)[O-])c1. The molecule has 2 aromatic rings. The Morgan fingerprint density at radius 1 is 1.25 bits per heavy atom. The summed E-state index contributed by atoms with van der Waals surface area (Å²) in [7, 11) is 0. The summed E-state index contributed by atoms with van der Waals surface area (Å²) in [4.78, 5) is 23.0. The van der Waals surface area contributed by atoms with Gasteiger partial charge < -0.3 is 10.1 Å². The average molecular weight is 328 g/mol. The van der Waals surface area contributed by atoms with Crippen molar-refractivity contribution in [3.8, 4) is 5.75 Å². The van der Waals surface area contributed by atoms with Gasteiger partial charge in [0.15, 0.2) is 0 Å². The lowest BCUT2D eigenvalue weighted by Gasteiger charge is -2.09. The van der Waals surface area contributed by atoms with Crippen LogP contribution in [0.4, 0.5) is 11.4 Å². The molecule has 0 bridgehead atoms. The molecule has 0 aliphatic carbocycles. The molecule has 24 heavy (non-hydrogen) atoms. The summed E-state index contributed by atoms with van der Waals surface area (Å²) >= 11 is 0. The van der Waals surface area contributed by atoms with Crippen LogP contribution in [-0.4, -0.2) is 17.4 Å². The smallest absolute Gasteiger partial charge is 0.293 e. The number of aryl methyl sites for hydroxylation is 1. The molecule has 0 atom stereocenters. The highest BCUT2D eigenvalue weighted by atomic mass is 16.6. The van der Waals surface area contributed by atoms with E-state index in [4.69, 9.17) is 4.74 Å². The van der Waals surface area contributed by atoms with Crippen LogP contribution < -0.4 is 10.1 Å². The number of amides is 1. The van der Waals surface area contributed by atoms with Gasteiger partial charge in [-0.1, -0.05) is 25.5 Å². The zero-order chi connectivity index (χ0) is 17.5. The standard InChI is InChI=1S/C18H20N2O4/c1-3-4-10-24-15-7-5-6-14(12-15)18(21)19-16-9-8-13(2)11-17(16)20(22)23/h5-9,11-12H,3-4,10H2,1-2H3,(H,19,21). The largest absolute Gasteiger partial charge is 0.494 e. The van der Waals surface area contributed by atoms with Crippen molar-refractivity contribution in [3.63, 3.8) is 0 Å². The van der Waals surface area contributed by atoms with E-state index in [1.54, 1.807) is 37.3 Å². The van der Waals surface area contributed by atoms with E-state index >= 15 is 0 Å². The molecule has 0 saturated heterocycles. The lowest BCUT2D eigenvalue weighted by Crippen LogP contribution is -2.13. The Labute approximate surface area is 140 Å². The first-order chi connectivity index (χ1) is 11.5. The maximum atomic E-state index is 12.4. The van der Waals surface area contributed by atoms with Gasteiger partial charge in [-0.3, -0.25) is 14.9 Å². The number of carbonyl (C=O) groups is 1. The van der Waals surface area contributed by atoms with Gasteiger partial charge in [0, 0.05) is 11.6 Å². The number of nitrogens with zero attached hydrogens (tertiary/aromatic N) is 1. The van der Waals surface area contributed by atoms with Crippen molar-refractivity contribution in [2.75, 3.05) is 11.9 Å². The number of carbonyl (C=O) groups excluding carboxylic acids is 1. The van der Waals surface area contributed by atoms with Crippen molar-refractivity contribution >= 4 is 17.3 Å². The second-order valence-electron chi connectivity index (χ2n) is 5.46. The maximum Gasteiger partial charge on any atom is 0.293 e. The Balaban J connectivity index is 2.15. The van der Waals surface area contributed by atoms with E-state index in [1.807, 2.05) is 0 Å². The zero-order valence-electron chi connectivity index (χ0n) is 13.7. The van der Waals surface area contributed by atoms with Crippen molar-refractivity contribution in [1.82, 2.24) is 0 Å². The van der Waals surface area contributed by atoms with Crippen LogP contribution in [0.5, 0.6) is 5.75 Å². The first kappa shape index (κ1) is 17.5. The number of unbranched alkanes of at least 4 members (excludes halogenated alkanes) is 1. The van der Waals surface area contributed by atoms with Gasteiger partial charge in [0.25, 0.3) is 11.6 Å². The van der Waals surface area contributed by atoms with Crippen molar-refractivity contribution in [2.45, 2.75) is 26.7 Å². The second kappa shape index (κ2) is 8.10. The number of nitro groups is 1. The van der Waals surface area contributed by atoms with Crippen LogP contribution in [0, 0.1) is 17.0 Å². The van der Waals surface area contributed by atoms with Crippen LogP contribution >= 0.6 is 0 Å². The normalized spacial score (nSPS) is 10.2. The van der Waals surface area contributed by atoms with Gasteiger partial charge in [0.05, 0.1) is 11.5 Å². The predicted molar refractivity (Wildman–Crippen MR) is 92.6 cm³/mol. The third-order valence-electron chi connectivity index (χ3n) is 3.46. The molecule has 1 amide bonds. The van der Waals surface area contributed by atoms with E-state index < -0.39 is 10.8 Å². The number of hydrogen-bond acceptors (Lipinski definition) is 4. The summed E-state index contributed by atoms with van der Waals surface area (Å²) in [5, 5.41) is 13.7. The number of ether oxygens (including phenoxy) is 1. The minimum absolute atomic E-state index is 0.126. The highest BCUT2D eigenvalue weighted by molar-refractivity contribution is 6.05. The van der Waals surface area contributed by atoms with Crippen LogP contribution in [0.3, 0.4) is 0 Å². The van der Waals surface area contributed by atoms with E-state index in [2.05, 4.69) is 12.2 Å². The van der Waals surface area contributed by atoms with Crippen LogP contribution in [0.15, 0.2) is 42.5 Å². The fraction of sp³-hybridized carbons (Fsp3) is 0.278. The third kappa shape index (κ3) is 4.55. The molecule has 0 radical (unpaired) electrons. The first-order valence-corrected chi connectivity index (χ1v) is 7.80. The van der Waals surface area contributed by atoms with E-state index in [0.717, 1.165) is 18.4 Å². The van der Waals surface area contributed by atoms with Crippen molar-refractivity contribution in [2.24, 2.45) is 0 Å². The van der Waals surface area contributed by atoms with Crippen molar-refractivity contribution in [3.05, 3.63) is 63.7 Å². The van der Waals surface area contributed by atoms with Crippen LogP contribution in [0.2, 0.25) is 0 Å². The second-order valence-corrected chi connectivity index (χ2v) is 5.46. The zero-order valence-corrected chi connectivity index (χ0v) is 13.7. The number of rotatable bonds is 7. The van der Waals surface area contributed by atoms with E-state index in [0.29, 0.717) is 17.9 Å². The molecule has 2 aromatic carbocycles. The molecular formula is C18H20N2O4. The van der Waals surface area contributed by atoms with Crippen molar-refractivity contribution in [1.29, 1.82) is 0 Å². The van der Waals surface area contributed by atoms with E-state index in [9.17, 15) is 14.9 Å². The molecule has 0 unspecified atom stereocenters. The van der Waals surface area contributed by atoms with Crippen molar-refractivity contribution < 1.29 is 14.5 Å². The number of nitro benzene ring substituents is 1. The van der Waals surface area contributed by atoms with Crippen LogP contribution in [-0.2, 0) is 0 Å². The highest BCUT2D eigenvalue weighted by Gasteiger charge is 2.17. The average Bonchev–Trinajstić information content (AvgIpc) is 2.57. The van der Waals surface area contributed by atoms with Crippen LogP contribution in [0.1, 0.15) is 35.7 Å². The van der Waals surface area contributed by atoms with Gasteiger partial charge in [-0.25, -0.2) is 0 Å². The maximum absolute atomic E-state index is 12.4. The molecule has 0 aliphatic rings. The number of hydrogen-bond donors (Lipinski definition) is 1. The summed E-state index contributed by atoms with van der Waals surface area (Å²) in [6, 6.07) is 11.5. The van der Waals surface area contributed by atoms with Gasteiger partial charge in [-0.05, 0) is 43.2 Å². The molecule has 2 rings (SSSR count). The molecular weight excluding hydrogens is 308 g/mol. The molecule has 0 fully saturated rings. The van der Waals surface area contributed by atoms with E-state index in [-0.39, 0.29) is 11.4 Å². The molecule has 126 valence electrons. The lowest BCUT2D eigenvalue weighted by molar-refractivity contribution is -0.384. The summed E-state index contributed by atoms with van der Waals surface area (Å²) in [6.07, 6.45) is 1.96. The summed E-state index contributed by atoms with van der Waals surface area (Å²) in [5.74, 6) is 0.192. The minimum Gasteiger partial charge on any atom is -0.494 e. The van der Waals surface area contributed by atoms with Gasteiger partial charge in [0.1, 0.15) is 11.4 Å². The quantitative estimate of drug-likeness (QED) is 0.466. The molecule has 0 spiro atoms. The van der Waals surface area contributed by atoms with Gasteiger partial charge in [-0.2, -0.15) is 0 Å². The Kier molecular flexibility index (Phi) is 5.89. The molecule has 6 nitrogen and oxygen atoms in total. The first-order valence-electron chi connectivity index (χ1n) is 7.80. The molecule has 6 heteroatoms. The van der Waals surface area contributed by atoms with Gasteiger partial charge >= 0.3 is 0 Å². The molecule has 0 saturated carbocycles. The Bertz CT molecular complexity index is 744. The monoisotopic (exact) mass is 328 g/mol. The van der Waals surface area contributed by atoms with Gasteiger partial charge in [-0.15, -0.1) is 0 Å². The number of benzene rings is 2. The fourth-order valence-electron chi connectivity index (χ4n) is 2.15. The third-order valence-corrected chi connectivity index (χ3v) is 3.46. The number of nitrogens with one attached hydrogen (secondary N) is 1. The molecule has 0 aromatic heterocycles. The highest BCUT2D eigenvalue weighted by Crippen LogP contribution is 2.26. The van der Waals surface area contributed by atoms with E-state index in [1.165, 1.54) is 12.1 Å². The fourth-order valence-corrected chi connectivity index (χ4v) is 2.15. The number of anilines is 1. The Morgan fingerprint density at radius 2 is 2.04 bits per heavy atom. The Hall–Kier alpha value is -2.89. The predicted octanol–water partition coefficient (Wildman–Crippen LogP) is 4.33.